The van der Waals surface area contributed by atoms with E-state index in [0.717, 1.165) is 12.2 Å². The van der Waals surface area contributed by atoms with Gasteiger partial charge in [0.25, 0.3) is 10.0 Å². The summed E-state index contributed by atoms with van der Waals surface area (Å²) < 4.78 is 32.7. The van der Waals surface area contributed by atoms with Gasteiger partial charge in [-0.05, 0) is 41.5 Å². The summed E-state index contributed by atoms with van der Waals surface area (Å²) in [5.74, 6) is 0.547. The third-order valence-electron chi connectivity index (χ3n) is 2.71. The van der Waals surface area contributed by atoms with Crippen molar-refractivity contribution in [2.24, 2.45) is 0 Å². The predicted molar refractivity (Wildman–Crippen MR) is 83.6 cm³/mol. The standard InChI is InChI=1S/C13H16BrN3O3S/c1-3-15-8-11-6-12(13(14)20-11)21(18,19)17-10-5-4-9(2)16-7-10/h4-7,15,17H,3,8H2,1-2H3. The predicted octanol–water partition coefficient (Wildman–Crippen LogP) is 2.66. The van der Waals surface area contributed by atoms with E-state index >= 15 is 0 Å². The molecule has 6 nitrogen and oxygen atoms in total. The zero-order chi connectivity index (χ0) is 15.5. The summed E-state index contributed by atoms with van der Waals surface area (Å²) in [5, 5.41) is 3.07. The van der Waals surface area contributed by atoms with Gasteiger partial charge in [0.1, 0.15) is 10.7 Å². The number of furan rings is 1. The topological polar surface area (TPSA) is 84.2 Å². The Hall–Kier alpha value is -1.38. The molecule has 0 fully saturated rings. The molecule has 2 N–H and O–H groups in total. The lowest BCUT2D eigenvalue weighted by molar-refractivity contribution is 0.464. The molecule has 2 aromatic heterocycles. The van der Waals surface area contributed by atoms with Gasteiger partial charge in [0.2, 0.25) is 0 Å². The molecule has 114 valence electrons. The van der Waals surface area contributed by atoms with Crippen molar-refractivity contribution in [3.63, 3.8) is 0 Å². The van der Waals surface area contributed by atoms with Crippen molar-refractivity contribution in [1.29, 1.82) is 0 Å². The van der Waals surface area contributed by atoms with Gasteiger partial charge in [-0.2, -0.15) is 0 Å². The Labute approximate surface area is 132 Å². The molecular formula is C13H16BrN3O3S. The number of hydrogen-bond donors (Lipinski definition) is 2. The minimum absolute atomic E-state index is 0.0657. The van der Waals surface area contributed by atoms with Crippen LogP contribution in [0.3, 0.4) is 0 Å². The molecule has 0 aromatic carbocycles. The maximum Gasteiger partial charge on any atom is 0.266 e. The minimum Gasteiger partial charge on any atom is -0.451 e. The molecule has 2 heterocycles. The van der Waals surface area contributed by atoms with E-state index in [2.05, 4.69) is 31.0 Å². The Kier molecular flexibility index (Phi) is 5.02. The van der Waals surface area contributed by atoms with Crippen molar-refractivity contribution in [3.05, 3.63) is 40.5 Å². The monoisotopic (exact) mass is 373 g/mol. The number of aromatic nitrogens is 1. The van der Waals surface area contributed by atoms with Gasteiger partial charge < -0.3 is 9.73 Å². The summed E-state index contributed by atoms with van der Waals surface area (Å²) in [6.07, 6.45) is 1.47. The molecule has 0 unspecified atom stereocenters. The largest absolute Gasteiger partial charge is 0.451 e. The van der Waals surface area contributed by atoms with E-state index in [1.54, 1.807) is 12.1 Å². The van der Waals surface area contributed by atoms with Crippen LogP contribution in [0.4, 0.5) is 5.69 Å². The van der Waals surface area contributed by atoms with Crippen molar-refractivity contribution in [1.82, 2.24) is 10.3 Å². The van der Waals surface area contributed by atoms with Gasteiger partial charge in [0, 0.05) is 11.8 Å². The van der Waals surface area contributed by atoms with Crippen molar-refractivity contribution in [2.75, 3.05) is 11.3 Å². The van der Waals surface area contributed by atoms with Gasteiger partial charge in [-0.15, -0.1) is 0 Å². The molecule has 0 amide bonds. The third-order valence-corrected chi connectivity index (χ3v) is 4.95. The number of sulfonamides is 1. The van der Waals surface area contributed by atoms with Crippen LogP contribution in [0.25, 0.3) is 0 Å². The molecule has 0 aliphatic heterocycles. The molecule has 0 saturated carbocycles. The van der Waals surface area contributed by atoms with E-state index in [4.69, 9.17) is 4.42 Å². The Balaban J connectivity index is 2.22. The van der Waals surface area contributed by atoms with Crippen molar-refractivity contribution in [3.8, 4) is 0 Å². The fourth-order valence-corrected chi connectivity index (χ4v) is 3.70. The normalized spacial score (nSPS) is 11.6. The highest BCUT2D eigenvalue weighted by molar-refractivity contribution is 9.10. The summed E-state index contributed by atoms with van der Waals surface area (Å²) in [6.45, 7) is 5.03. The SMILES string of the molecule is CCNCc1cc(S(=O)(=O)Nc2ccc(C)nc2)c(Br)o1. The summed E-state index contributed by atoms with van der Waals surface area (Å²) in [7, 11) is -3.72. The highest BCUT2D eigenvalue weighted by Crippen LogP contribution is 2.27. The number of halogens is 1. The van der Waals surface area contributed by atoms with Crippen LogP contribution < -0.4 is 10.0 Å². The molecule has 0 saturated heterocycles. The van der Waals surface area contributed by atoms with E-state index in [1.165, 1.54) is 12.3 Å². The van der Waals surface area contributed by atoms with Gasteiger partial charge in [-0.25, -0.2) is 8.42 Å². The molecule has 2 rings (SSSR count). The first kappa shape index (κ1) is 16.0. The second-order valence-electron chi connectivity index (χ2n) is 4.42. The van der Waals surface area contributed by atoms with Crippen LogP contribution in [0.1, 0.15) is 18.4 Å². The maximum atomic E-state index is 12.3. The van der Waals surface area contributed by atoms with E-state index in [0.29, 0.717) is 18.0 Å². The number of nitrogens with one attached hydrogen (secondary N) is 2. The first-order chi connectivity index (χ1) is 9.92. The molecule has 0 atom stereocenters. The van der Waals surface area contributed by atoms with E-state index in [1.807, 2.05) is 13.8 Å². The van der Waals surface area contributed by atoms with E-state index in [-0.39, 0.29) is 9.56 Å². The molecule has 0 spiro atoms. The van der Waals surface area contributed by atoms with Crippen molar-refractivity contribution >= 4 is 31.6 Å². The summed E-state index contributed by atoms with van der Waals surface area (Å²) in [6, 6.07) is 4.89. The lowest BCUT2D eigenvalue weighted by atomic mass is 10.4. The number of pyridine rings is 1. The van der Waals surface area contributed by atoms with Crippen LogP contribution in [-0.2, 0) is 16.6 Å². The highest BCUT2D eigenvalue weighted by Gasteiger charge is 2.22. The van der Waals surface area contributed by atoms with Crippen molar-refractivity contribution in [2.45, 2.75) is 25.3 Å². The molecule has 8 heteroatoms. The summed E-state index contributed by atoms with van der Waals surface area (Å²) in [5.41, 5.74) is 1.22. The van der Waals surface area contributed by atoms with Crippen LogP contribution in [0.5, 0.6) is 0 Å². The van der Waals surface area contributed by atoms with Crippen LogP contribution in [0.2, 0.25) is 0 Å². The molecule has 0 bridgehead atoms. The Morgan fingerprint density at radius 2 is 2.14 bits per heavy atom. The average molecular weight is 374 g/mol. The molecule has 0 aliphatic carbocycles. The Morgan fingerprint density at radius 1 is 1.38 bits per heavy atom. The zero-order valence-corrected chi connectivity index (χ0v) is 14.1. The highest BCUT2D eigenvalue weighted by atomic mass is 79.9. The molecule has 2 aromatic rings. The first-order valence-electron chi connectivity index (χ1n) is 6.37. The van der Waals surface area contributed by atoms with Gasteiger partial charge in [0.05, 0.1) is 18.4 Å². The van der Waals surface area contributed by atoms with E-state index in [9.17, 15) is 8.42 Å². The summed E-state index contributed by atoms with van der Waals surface area (Å²) in [4.78, 5) is 4.12. The van der Waals surface area contributed by atoms with Crippen LogP contribution >= 0.6 is 15.9 Å². The molecular weight excluding hydrogens is 358 g/mol. The lowest BCUT2D eigenvalue weighted by Gasteiger charge is -2.06. The number of rotatable bonds is 6. The van der Waals surface area contributed by atoms with E-state index < -0.39 is 10.0 Å². The summed E-state index contributed by atoms with van der Waals surface area (Å²) >= 11 is 3.14. The lowest BCUT2D eigenvalue weighted by Crippen LogP contribution is -2.13. The number of nitrogens with zero attached hydrogens (tertiary/aromatic N) is 1. The third kappa shape index (κ3) is 4.05. The smallest absolute Gasteiger partial charge is 0.266 e. The number of anilines is 1. The van der Waals surface area contributed by atoms with Gasteiger partial charge in [0.15, 0.2) is 4.67 Å². The van der Waals surface area contributed by atoms with Gasteiger partial charge in [-0.1, -0.05) is 6.92 Å². The quantitative estimate of drug-likeness (QED) is 0.812. The number of aryl methyl sites for hydroxylation is 1. The second-order valence-corrected chi connectivity index (χ2v) is 6.80. The number of hydrogen-bond acceptors (Lipinski definition) is 5. The van der Waals surface area contributed by atoms with Crippen LogP contribution in [0, 0.1) is 6.92 Å². The fraction of sp³-hybridized carbons (Fsp3) is 0.308. The van der Waals surface area contributed by atoms with Crippen LogP contribution in [-0.4, -0.2) is 19.9 Å². The first-order valence-corrected chi connectivity index (χ1v) is 8.64. The molecule has 0 radical (unpaired) electrons. The molecule has 0 aliphatic rings. The fourth-order valence-electron chi connectivity index (χ4n) is 1.65. The van der Waals surface area contributed by atoms with Crippen molar-refractivity contribution < 1.29 is 12.8 Å². The Morgan fingerprint density at radius 3 is 2.76 bits per heavy atom. The Bertz CT molecular complexity index is 711. The average Bonchev–Trinajstić information content (AvgIpc) is 2.81. The minimum atomic E-state index is -3.72. The maximum absolute atomic E-state index is 12.3. The zero-order valence-electron chi connectivity index (χ0n) is 11.7. The van der Waals surface area contributed by atoms with Gasteiger partial charge in [-0.3, -0.25) is 9.71 Å². The second kappa shape index (κ2) is 6.59. The van der Waals surface area contributed by atoms with Crippen LogP contribution in [0.15, 0.2) is 38.4 Å². The van der Waals surface area contributed by atoms with Gasteiger partial charge >= 0.3 is 0 Å². The molecule has 21 heavy (non-hydrogen) atoms.